The van der Waals surface area contributed by atoms with Crippen LogP contribution in [0.5, 0.6) is 0 Å². The van der Waals surface area contributed by atoms with Crippen LogP contribution in [0.4, 0.5) is 0 Å². The van der Waals surface area contributed by atoms with Crippen molar-refractivity contribution in [3.05, 3.63) is 23.7 Å². The number of fused-ring (bicyclic) bond motifs is 1. The van der Waals surface area contributed by atoms with Crippen molar-refractivity contribution in [1.82, 2.24) is 5.32 Å². The van der Waals surface area contributed by atoms with E-state index in [0.29, 0.717) is 6.04 Å². The van der Waals surface area contributed by atoms with E-state index in [1.807, 2.05) is 6.26 Å². The molecule has 2 aliphatic carbocycles. The summed E-state index contributed by atoms with van der Waals surface area (Å²) in [5, 5.41) is 3.90. The second kappa shape index (κ2) is 4.85. The Kier molecular flexibility index (Phi) is 3.24. The summed E-state index contributed by atoms with van der Waals surface area (Å²) in [6.45, 7) is 2.33. The largest absolute Gasteiger partial charge is 0.469 e. The molecule has 2 nitrogen and oxygen atoms in total. The van der Waals surface area contributed by atoms with Crippen molar-refractivity contribution in [1.29, 1.82) is 0 Å². The fourth-order valence-electron chi connectivity index (χ4n) is 3.66. The van der Waals surface area contributed by atoms with Crippen LogP contribution in [0.1, 0.15) is 62.8 Å². The normalized spacial score (nSPS) is 32.6. The van der Waals surface area contributed by atoms with E-state index in [2.05, 4.69) is 18.3 Å². The van der Waals surface area contributed by atoms with Gasteiger partial charge >= 0.3 is 0 Å². The predicted molar refractivity (Wildman–Crippen MR) is 68.9 cm³/mol. The Labute approximate surface area is 104 Å². The molecule has 1 aromatic rings. The van der Waals surface area contributed by atoms with E-state index in [4.69, 9.17) is 4.42 Å². The van der Waals surface area contributed by atoms with Crippen LogP contribution in [0.2, 0.25) is 0 Å². The summed E-state index contributed by atoms with van der Waals surface area (Å²) in [6, 6.07) is 3.46. The van der Waals surface area contributed by atoms with Gasteiger partial charge in [-0.05, 0) is 37.7 Å². The summed E-state index contributed by atoms with van der Waals surface area (Å²) < 4.78 is 5.56. The minimum absolute atomic E-state index is 0.551. The van der Waals surface area contributed by atoms with Crippen molar-refractivity contribution in [2.45, 2.75) is 64.0 Å². The Balaban J connectivity index is 1.70. The molecule has 1 heterocycles. The van der Waals surface area contributed by atoms with E-state index in [1.165, 1.54) is 49.8 Å². The van der Waals surface area contributed by atoms with Crippen LogP contribution in [0, 0.1) is 5.92 Å². The molecule has 3 rings (SSSR count). The van der Waals surface area contributed by atoms with Crippen LogP contribution in [-0.2, 0) is 6.42 Å². The molecule has 0 aliphatic heterocycles. The van der Waals surface area contributed by atoms with Crippen LogP contribution >= 0.6 is 0 Å². The first-order chi connectivity index (χ1) is 8.38. The Morgan fingerprint density at radius 1 is 1.29 bits per heavy atom. The van der Waals surface area contributed by atoms with E-state index >= 15 is 0 Å². The van der Waals surface area contributed by atoms with Crippen LogP contribution in [-0.4, -0.2) is 6.04 Å². The standard InChI is InChI=1S/C15H23NO/c1-2-11-5-3-6-13(11)16-14-7-4-8-15-12(14)9-10-17-15/h9-11,13-14,16H,2-8H2,1H3. The van der Waals surface area contributed by atoms with E-state index in [-0.39, 0.29) is 0 Å². The monoisotopic (exact) mass is 233 g/mol. The van der Waals surface area contributed by atoms with Gasteiger partial charge in [-0.3, -0.25) is 0 Å². The molecule has 2 aliphatic rings. The second-order valence-electron chi connectivity index (χ2n) is 5.62. The Hall–Kier alpha value is -0.760. The highest BCUT2D eigenvalue weighted by atomic mass is 16.3. The minimum atomic E-state index is 0.551. The van der Waals surface area contributed by atoms with Gasteiger partial charge in [-0.25, -0.2) is 0 Å². The van der Waals surface area contributed by atoms with Crippen molar-refractivity contribution >= 4 is 0 Å². The van der Waals surface area contributed by atoms with Crippen molar-refractivity contribution < 1.29 is 4.42 Å². The number of hydrogen-bond donors (Lipinski definition) is 1. The Bertz CT molecular complexity index is 371. The number of hydrogen-bond acceptors (Lipinski definition) is 2. The van der Waals surface area contributed by atoms with E-state index in [0.717, 1.165) is 18.4 Å². The smallest absolute Gasteiger partial charge is 0.108 e. The summed E-state index contributed by atoms with van der Waals surface area (Å²) in [5.41, 5.74) is 1.43. The van der Waals surface area contributed by atoms with Crippen LogP contribution < -0.4 is 5.32 Å². The van der Waals surface area contributed by atoms with E-state index in [9.17, 15) is 0 Å². The van der Waals surface area contributed by atoms with E-state index in [1.54, 1.807) is 0 Å². The lowest BCUT2D eigenvalue weighted by Gasteiger charge is -2.29. The third-order valence-corrected chi connectivity index (χ3v) is 4.65. The second-order valence-corrected chi connectivity index (χ2v) is 5.62. The molecule has 3 unspecified atom stereocenters. The maximum atomic E-state index is 5.56. The molecule has 3 atom stereocenters. The SMILES string of the molecule is CCC1CCCC1NC1CCCc2occc21. The molecule has 1 fully saturated rings. The summed E-state index contributed by atoms with van der Waals surface area (Å²) >= 11 is 0. The molecule has 1 aromatic heterocycles. The quantitative estimate of drug-likeness (QED) is 0.858. The first kappa shape index (κ1) is 11.3. The van der Waals surface area contributed by atoms with E-state index < -0.39 is 0 Å². The molecule has 0 saturated heterocycles. The minimum Gasteiger partial charge on any atom is -0.469 e. The lowest BCUT2D eigenvalue weighted by Crippen LogP contribution is -2.36. The molecule has 0 aromatic carbocycles. The average Bonchev–Trinajstić information content (AvgIpc) is 2.97. The Morgan fingerprint density at radius 2 is 2.24 bits per heavy atom. The zero-order valence-corrected chi connectivity index (χ0v) is 10.7. The number of furan rings is 1. The predicted octanol–water partition coefficient (Wildman–Crippen LogP) is 3.83. The fraction of sp³-hybridized carbons (Fsp3) is 0.733. The number of rotatable bonds is 3. The highest BCUT2D eigenvalue weighted by molar-refractivity contribution is 5.24. The highest BCUT2D eigenvalue weighted by Crippen LogP contribution is 2.35. The first-order valence-electron chi connectivity index (χ1n) is 7.20. The molecule has 0 bridgehead atoms. The summed E-state index contributed by atoms with van der Waals surface area (Å²) in [7, 11) is 0. The molecule has 0 spiro atoms. The highest BCUT2D eigenvalue weighted by Gasteiger charge is 2.30. The lowest BCUT2D eigenvalue weighted by atomic mass is 9.91. The third kappa shape index (κ3) is 2.15. The third-order valence-electron chi connectivity index (χ3n) is 4.65. The fourth-order valence-corrected chi connectivity index (χ4v) is 3.66. The van der Waals surface area contributed by atoms with Crippen LogP contribution in [0.15, 0.2) is 16.7 Å². The zero-order valence-electron chi connectivity index (χ0n) is 10.7. The molecular formula is C15H23NO. The summed E-state index contributed by atoms with van der Waals surface area (Å²) in [6.07, 6.45) is 11.0. The maximum Gasteiger partial charge on any atom is 0.108 e. The van der Waals surface area contributed by atoms with Crippen molar-refractivity contribution in [2.75, 3.05) is 0 Å². The van der Waals surface area contributed by atoms with Gasteiger partial charge in [0, 0.05) is 24.1 Å². The molecule has 0 radical (unpaired) electrons. The first-order valence-corrected chi connectivity index (χ1v) is 7.20. The molecule has 2 heteroatoms. The van der Waals surface area contributed by atoms with Gasteiger partial charge in [0.2, 0.25) is 0 Å². The van der Waals surface area contributed by atoms with Gasteiger partial charge in [0.15, 0.2) is 0 Å². The molecule has 94 valence electrons. The molecule has 1 saturated carbocycles. The van der Waals surface area contributed by atoms with Crippen molar-refractivity contribution in [3.8, 4) is 0 Å². The van der Waals surface area contributed by atoms with Crippen molar-refractivity contribution in [2.24, 2.45) is 5.92 Å². The van der Waals surface area contributed by atoms with Gasteiger partial charge in [-0.2, -0.15) is 0 Å². The number of aryl methyl sites for hydroxylation is 1. The van der Waals surface area contributed by atoms with Gasteiger partial charge in [0.25, 0.3) is 0 Å². The van der Waals surface area contributed by atoms with Gasteiger partial charge < -0.3 is 9.73 Å². The topological polar surface area (TPSA) is 25.2 Å². The molecule has 17 heavy (non-hydrogen) atoms. The number of nitrogens with one attached hydrogen (secondary N) is 1. The molecule has 1 N–H and O–H groups in total. The molecule has 0 amide bonds. The summed E-state index contributed by atoms with van der Waals surface area (Å²) in [5.74, 6) is 2.12. The van der Waals surface area contributed by atoms with Crippen LogP contribution in [0.25, 0.3) is 0 Å². The lowest BCUT2D eigenvalue weighted by molar-refractivity contribution is 0.322. The zero-order chi connectivity index (χ0) is 11.7. The maximum absolute atomic E-state index is 5.56. The van der Waals surface area contributed by atoms with Gasteiger partial charge in [-0.15, -0.1) is 0 Å². The average molecular weight is 233 g/mol. The molecular weight excluding hydrogens is 210 g/mol. The summed E-state index contributed by atoms with van der Waals surface area (Å²) in [4.78, 5) is 0. The van der Waals surface area contributed by atoms with Gasteiger partial charge in [0.1, 0.15) is 5.76 Å². The van der Waals surface area contributed by atoms with Crippen LogP contribution in [0.3, 0.4) is 0 Å². The van der Waals surface area contributed by atoms with Gasteiger partial charge in [0.05, 0.1) is 6.26 Å². The van der Waals surface area contributed by atoms with Gasteiger partial charge in [-0.1, -0.05) is 19.8 Å². The van der Waals surface area contributed by atoms with Crippen molar-refractivity contribution in [3.63, 3.8) is 0 Å². The Morgan fingerprint density at radius 3 is 3.12 bits per heavy atom.